The molecule has 18 heavy (non-hydrogen) atoms. The Bertz CT molecular complexity index is 396. The Morgan fingerprint density at radius 1 is 1.39 bits per heavy atom. The molecule has 0 amide bonds. The molecule has 1 aromatic rings. The second kappa shape index (κ2) is 6.59. The first-order chi connectivity index (χ1) is 8.33. The maximum absolute atomic E-state index is 12.2. The van der Waals surface area contributed by atoms with E-state index in [1.807, 2.05) is 6.92 Å². The van der Waals surface area contributed by atoms with Gasteiger partial charge in [-0.2, -0.15) is 13.2 Å². The van der Waals surface area contributed by atoms with Crippen molar-refractivity contribution >= 4 is 23.2 Å². The zero-order valence-corrected chi connectivity index (χ0v) is 11.2. The largest absolute Gasteiger partial charge is 0.389 e. The number of nitrogens with zero attached hydrogens (tertiary/aromatic N) is 1. The average Bonchev–Trinajstić information content (AvgIpc) is 2.24. The Labute approximate surface area is 113 Å². The van der Waals surface area contributed by atoms with E-state index in [4.69, 9.17) is 23.2 Å². The fourth-order valence-electron chi connectivity index (χ4n) is 1.57. The van der Waals surface area contributed by atoms with Gasteiger partial charge in [0.1, 0.15) is 0 Å². The van der Waals surface area contributed by atoms with Gasteiger partial charge < -0.3 is 5.32 Å². The van der Waals surface area contributed by atoms with E-state index >= 15 is 0 Å². The first kappa shape index (κ1) is 15.5. The summed E-state index contributed by atoms with van der Waals surface area (Å²) in [5.74, 6) is 0. The molecule has 0 aliphatic carbocycles. The highest BCUT2D eigenvalue weighted by Crippen LogP contribution is 2.30. The lowest BCUT2D eigenvalue weighted by atomic mass is 10.1. The minimum absolute atomic E-state index is 0.105. The van der Waals surface area contributed by atoms with Gasteiger partial charge in [-0.1, -0.05) is 30.1 Å². The smallest absolute Gasteiger partial charge is 0.309 e. The van der Waals surface area contributed by atoms with E-state index in [-0.39, 0.29) is 11.4 Å². The van der Waals surface area contributed by atoms with Crippen LogP contribution < -0.4 is 5.32 Å². The second-order valence-electron chi connectivity index (χ2n) is 3.78. The lowest BCUT2D eigenvalue weighted by molar-refractivity contribution is -0.136. The Morgan fingerprint density at radius 3 is 2.56 bits per heavy atom. The first-order valence-electron chi connectivity index (χ1n) is 5.44. The molecule has 0 aliphatic heterocycles. The summed E-state index contributed by atoms with van der Waals surface area (Å²) in [5.41, 5.74) is 0.396. The molecule has 1 aromatic heterocycles. The van der Waals surface area contributed by atoms with Crippen LogP contribution in [0.4, 0.5) is 13.2 Å². The first-order valence-corrected chi connectivity index (χ1v) is 6.20. The summed E-state index contributed by atoms with van der Waals surface area (Å²) < 4.78 is 36.7. The van der Waals surface area contributed by atoms with Gasteiger partial charge in [0.25, 0.3) is 0 Å². The van der Waals surface area contributed by atoms with Crippen LogP contribution in [0.2, 0.25) is 10.0 Å². The number of hydrogen-bond acceptors (Lipinski definition) is 2. The van der Waals surface area contributed by atoms with Crippen LogP contribution in [-0.4, -0.2) is 17.7 Å². The van der Waals surface area contributed by atoms with Crippen LogP contribution in [0.15, 0.2) is 12.3 Å². The fraction of sp³-hybridized carbons (Fsp3) is 0.545. The van der Waals surface area contributed by atoms with E-state index in [1.54, 1.807) is 0 Å². The minimum Gasteiger partial charge on any atom is -0.309 e. The van der Waals surface area contributed by atoms with Crippen molar-refractivity contribution in [1.82, 2.24) is 10.3 Å². The molecule has 0 saturated carbocycles. The summed E-state index contributed by atoms with van der Waals surface area (Å²) in [7, 11) is 0. The molecule has 0 radical (unpaired) electrons. The highest BCUT2D eigenvalue weighted by Gasteiger charge is 2.29. The molecule has 0 aliphatic rings. The molecule has 1 unspecified atom stereocenters. The van der Waals surface area contributed by atoms with Crippen molar-refractivity contribution in [3.8, 4) is 0 Å². The normalized spacial score (nSPS) is 13.7. The predicted molar refractivity (Wildman–Crippen MR) is 66.0 cm³/mol. The predicted octanol–water partition coefficient (Wildman–Crippen LogP) is 4.38. The van der Waals surface area contributed by atoms with E-state index in [2.05, 4.69) is 10.3 Å². The van der Waals surface area contributed by atoms with E-state index < -0.39 is 18.6 Å². The lowest BCUT2D eigenvalue weighted by Gasteiger charge is -2.19. The summed E-state index contributed by atoms with van der Waals surface area (Å²) in [4.78, 5) is 4.00. The molecule has 0 spiro atoms. The van der Waals surface area contributed by atoms with Gasteiger partial charge in [0.2, 0.25) is 0 Å². The maximum Gasteiger partial charge on any atom is 0.389 e. The molecule has 2 nitrogen and oxygen atoms in total. The molecule has 0 aromatic carbocycles. The standard InChI is InChI=1S/C11H13Cl2F3N2/c1-2-17-9(3-4-11(14,15)16)10-8(13)5-7(12)6-18-10/h5-6,9,17H,2-4H2,1H3. The lowest BCUT2D eigenvalue weighted by Crippen LogP contribution is -2.24. The van der Waals surface area contributed by atoms with Crippen molar-refractivity contribution in [2.75, 3.05) is 6.54 Å². The number of rotatable bonds is 5. The number of alkyl halides is 3. The molecule has 0 bridgehead atoms. The van der Waals surface area contributed by atoms with Gasteiger partial charge in [0.15, 0.2) is 0 Å². The van der Waals surface area contributed by atoms with Gasteiger partial charge in [-0.3, -0.25) is 4.98 Å². The molecule has 0 saturated heterocycles. The average molecular weight is 301 g/mol. The molecule has 0 fully saturated rings. The Balaban J connectivity index is 2.83. The topological polar surface area (TPSA) is 24.9 Å². The van der Waals surface area contributed by atoms with Gasteiger partial charge in [0, 0.05) is 12.6 Å². The van der Waals surface area contributed by atoms with Crippen LogP contribution in [-0.2, 0) is 0 Å². The third kappa shape index (κ3) is 5.00. The van der Waals surface area contributed by atoms with Crippen LogP contribution >= 0.6 is 23.2 Å². The molecular formula is C11H13Cl2F3N2. The summed E-state index contributed by atoms with van der Waals surface area (Å²) in [6.45, 7) is 2.34. The molecular weight excluding hydrogens is 288 g/mol. The van der Waals surface area contributed by atoms with Gasteiger partial charge in [0.05, 0.1) is 21.8 Å². The van der Waals surface area contributed by atoms with Crippen molar-refractivity contribution < 1.29 is 13.2 Å². The summed E-state index contributed by atoms with van der Waals surface area (Å²) >= 11 is 11.6. The maximum atomic E-state index is 12.2. The van der Waals surface area contributed by atoms with Crippen LogP contribution in [0.25, 0.3) is 0 Å². The Kier molecular flexibility index (Phi) is 5.69. The van der Waals surface area contributed by atoms with Gasteiger partial charge in [-0.15, -0.1) is 0 Å². The van der Waals surface area contributed by atoms with Crippen LogP contribution in [0.3, 0.4) is 0 Å². The van der Waals surface area contributed by atoms with Crippen molar-refractivity contribution in [2.24, 2.45) is 0 Å². The third-order valence-corrected chi connectivity index (χ3v) is 2.84. The quantitative estimate of drug-likeness (QED) is 0.873. The highest BCUT2D eigenvalue weighted by atomic mass is 35.5. The Morgan fingerprint density at radius 2 is 2.06 bits per heavy atom. The van der Waals surface area contributed by atoms with Crippen LogP contribution in [0.1, 0.15) is 31.5 Å². The molecule has 7 heteroatoms. The van der Waals surface area contributed by atoms with E-state index in [0.717, 1.165) is 0 Å². The van der Waals surface area contributed by atoms with Crippen molar-refractivity contribution in [2.45, 2.75) is 32.0 Å². The number of aromatic nitrogens is 1. The SMILES string of the molecule is CCNC(CCC(F)(F)F)c1ncc(Cl)cc1Cl. The van der Waals surface area contributed by atoms with E-state index in [1.165, 1.54) is 12.3 Å². The summed E-state index contributed by atoms with van der Waals surface area (Å²) in [6, 6.07) is 0.949. The van der Waals surface area contributed by atoms with Gasteiger partial charge in [-0.05, 0) is 19.0 Å². The zero-order chi connectivity index (χ0) is 13.8. The van der Waals surface area contributed by atoms with Crippen molar-refractivity contribution in [3.63, 3.8) is 0 Å². The molecule has 1 rings (SSSR count). The summed E-state index contributed by atoms with van der Waals surface area (Å²) in [5, 5.41) is 3.57. The number of hydrogen-bond donors (Lipinski definition) is 1. The molecule has 1 heterocycles. The highest BCUT2D eigenvalue weighted by molar-refractivity contribution is 6.34. The van der Waals surface area contributed by atoms with Crippen LogP contribution in [0.5, 0.6) is 0 Å². The third-order valence-electron chi connectivity index (χ3n) is 2.33. The Hall–Kier alpha value is -0.520. The monoisotopic (exact) mass is 300 g/mol. The fourth-order valence-corrected chi connectivity index (χ4v) is 2.08. The second-order valence-corrected chi connectivity index (χ2v) is 4.63. The molecule has 1 atom stereocenters. The molecule has 102 valence electrons. The van der Waals surface area contributed by atoms with Gasteiger partial charge in [-0.25, -0.2) is 0 Å². The summed E-state index contributed by atoms with van der Waals surface area (Å²) in [6.07, 6.45) is -3.80. The number of nitrogens with one attached hydrogen (secondary N) is 1. The minimum atomic E-state index is -4.19. The van der Waals surface area contributed by atoms with E-state index in [0.29, 0.717) is 17.3 Å². The van der Waals surface area contributed by atoms with E-state index in [9.17, 15) is 13.2 Å². The number of halogens is 5. The van der Waals surface area contributed by atoms with Crippen LogP contribution in [0, 0.1) is 0 Å². The van der Waals surface area contributed by atoms with Crippen molar-refractivity contribution in [3.05, 3.63) is 28.0 Å². The van der Waals surface area contributed by atoms with Gasteiger partial charge >= 0.3 is 6.18 Å². The zero-order valence-electron chi connectivity index (χ0n) is 9.69. The molecule has 1 N–H and O–H groups in total. The number of pyridine rings is 1. The van der Waals surface area contributed by atoms with Crippen molar-refractivity contribution in [1.29, 1.82) is 0 Å².